The molecule has 0 aromatic heterocycles. The molecular weight excluding hydrogens is 790 g/mol. The lowest BCUT2D eigenvalue weighted by molar-refractivity contribution is -0.870. The van der Waals surface area contributed by atoms with Gasteiger partial charge < -0.3 is 32.6 Å². The van der Waals surface area contributed by atoms with E-state index in [4.69, 9.17) is 23.3 Å². The van der Waals surface area contributed by atoms with E-state index in [0.717, 1.165) is 64.2 Å². The van der Waals surface area contributed by atoms with E-state index in [9.17, 15) is 19.0 Å². The van der Waals surface area contributed by atoms with E-state index in [1.807, 2.05) is 27.2 Å². The fourth-order valence-electron chi connectivity index (χ4n) is 6.02. The van der Waals surface area contributed by atoms with Gasteiger partial charge in [-0.15, -0.1) is 0 Å². The molecule has 0 saturated carbocycles. The number of quaternary nitrogens is 1. The lowest BCUT2D eigenvalue weighted by Crippen LogP contribution is -2.37. The fourth-order valence-corrected chi connectivity index (χ4v) is 6.75. The number of ether oxygens (including phenoxy) is 3. The zero-order chi connectivity index (χ0) is 44.7. The molecule has 1 fully saturated rings. The number of carbonyl (C=O) groups excluding carboxylic acids is 2. The predicted molar refractivity (Wildman–Crippen MR) is 249 cm³/mol. The number of epoxide rings is 1. The molecule has 1 aliphatic heterocycles. The first-order valence-electron chi connectivity index (χ1n) is 23.4. The van der Waals surface area contributed by atoms with Gasteiger partial charge in [0.15, 0.2) is 6.10 Å². The summed E-state index contributed by atoms with van der Waals surface area (Å²) in [6.07, 6.45) is 50.8. The van der Waals surface area contributed by atoms with Crippen molar-refractivity contribution in [2.75, 3.05) is 47.5 Å². The standard InChI is InChI=1S/C50H84NO9P/c1-6-8-10-11-12-13-14-15-16-17-18-19-20-21-22-27-30-33-37-41-50(53)59-46(45-58-61(54,55)57-43-42-51(3,4)5)44-56-49(52)40-36-32-29-26-24-23-25-28-31-35-39-48-47(60-48)38-34-9-7-2/h12-13,15-16,18-19,21-23,25-26,29,31,35,46-48H,6-11,14,17,20,24,27-28,30,32-34,36-45H2,1-5H3/b13-12-,16-15-,19-18-,22-21-,25-23-,29-26-,35-31-/t46-,47?,48?/m1/s1. The van der Waals surface area contributed by atoms with Crippen LogP contribution in [0, 0.1) is 0 Å². The molecule has 0 spiro atoms. The molecule has 1 saturated heterocycles. The van der Waals surface area contributed by atoms with Crippen LogP contribution in [0.25, 0.3) is 0 Å². The zero-order valence-electron chi connectivity index (χ0n) is 38.8. The van der Waals surface area contributed by atoms with Crippen LogP contribution in [0.3, 0.4) is 0 Å². The van der Waals surface area contributed by atoms with Gasteiger partial charge in [0.05, 0.1) is 40.0 Å². The third-order valence-electron chi connectivity index (χ3n) is 9.81. The van der Waals surface area contributed by atoms with Crippen LogP contribution >= 0.6 is 7.82 Å². The molecule has 0 bridgehead atoms. The molecule has 3 unspecified atom stereocenters. The summed E-state index contributed by atoms with van der Waals surface area (Å²) in [7, 11) is 1.09. The van der Waals surface area contributed by atoms with Crippen molar-refractivity contribution in [2.45, 2.75) is 173 Å². The minimum absolute atomic E-state index is 0.0525. The van der Waals surface area contributed by atoms with Gasteiger partial charge in [0.1, 0.15) is 19.8 Å². The van der Waals surface area contributed by atoms with Crippen LogP contribution < -0.4 is 4.89 Å². The summed E-state index contributed by atoms with van der Waals surface area (Å²) >= 11 is 0. The summed E-state index contributed by atoms with van der Waals surface area (Å²) < 4.78 is 39.6. The highest BCUT2D eigenvalue weighted by Gasteiger charge is 2.36. The smallest absolute Gasteiger partial charge is 0.306 e. The van der Waals surface area contributed by atoms with Crippen molar-refractivity contribution in [2.24, 2.45) is 0 Å². The molecular formula is C50H84NO9P. The predicted octanol–water partition coefficient (Wildman–Crippen LogP) is 11.9. The summed E-state index contributed by atoms with van der Waals surface area (Å²) in [5, 5.41) is 0. The van der Waals surface area contributed by atoms with Crippen molar-refractivity contribution in [3.63, 3.8) is 0 Å². The number of likely N-dealkylation sites (N-methyl/N-ethyl adjacent to an activating group) is 1. The van der Waals surface area contributed by atoms with E-state index in [1.165, 1.54) is 51.4 Å². The molecule has 11 heteroatoms. The van der Waals surface area contributed by atoms with Crippen molar-refractivity contribution in [1.82, 2.24) is 0 Å². The highest BCUT2D eigenvalue weighted by Crippen LogP contribution is 2.38. The Morgan fingerprint density at radius 3 is 1.69 bits per heavy atom. The van der Waals surface area contributed by atoms with Crippen LogP contribution in [-0.2, 0) is 37.4 Å². The Balaban J connectivity index is 2.33. The number of esters is 2. The number of allylic oxidation sites excluding steroid dienone is 13. The minimum atomic E-state index is -4.66. The highest BCUT2D eigenvalue weighted by atomic mass is 31.2. The lowest BCUT2D eigenvalue weighted by atomic mass is 10.1. The quantitative estimate of drug-likeness (QED) is 0.0148. The van der Waals surface area contributed by atoms with Gasteiger partial charge in [0.25, 0.3) is 7.82 Å². The summed E-state index contributed by atoms with van der Waals surface area (Å²) in [6.45, 7) is 4.04. The minimum Gasteiger partial charge on any atom is -0.756 e. The monoisotopic (exact) mass is 874 g/mol. The maximum absolute atomic E-state index is 12.7. The molecule has 1 heterocycles. The maximum atomic E-state index is 12.7. The second kappa shape index (κ2) is 37.7. The largest absolute Gasteiger partial charge is 0.756 e. The van der Waals surface area contributed by atoms with Gasteiger partial charge in [0, 0.05) is 12.8 Å². The van der Waals surface area contributed by atoms with Crippen molar-refractivity contribution in [1.29, 1.82) is 0 Å². The van der Waals surface area contributed by atoms with Crippen molar-refractivity contribution in [3.8, 4) is 0 Å². The fraction of sp³-hybridized carbons (Fsp3) is 0.680. The Labute approximate surface area is 371 Å². The summed E-state index contributed by atoms with van der Waals surface area (Å²) in [6, 6.07) is 0. The van der Waals surface area contributed by atoms with Crippen LogP contribution in [0.1, 0.15) is 155 Å². The average molecular weight is 874 g/mol. The van der Waals surface area contributed by atoms with E-state index in [0.29, 0.717) is 36.1 Å². The summed E-state index contributed by atoms with van der Waals surface area (Å²) in [5.74, 6) is -0.949. The second-order valence-corrected chi connectivity index (χ2v) is 18.2. The van der Waals surface area contributed by atoms with Gasteiger partial charge in [-0.25, -0.2) is 0 Å². The number of nitrogens with zero attached hydrogens (tertiary/aromatic N) is 1. The van der Waals surface area contributed by atoms with Crippen LogP contribution in [0.2, 0.25) is 0 Å². The molecule has 0 aliphatic carbocycles. The molecule has 0 N–H and O–H groups in total. The number of hydrogen-bond acceptors (Lipinski definition) is 9. The van der Waals surface area contributed by atoms with Gasteiger partial charge in [0.2, 0.25) is 0 Å². The normalized spacial score (nSPS) is 17.6. The van der Waals surface area contributed by atoms with Gasteiger partial charge in [-0.2, -0.15) is 0 Å². The zero-order valence-corrected chi connectivity index (χ0v) is 39.7. The summed E-state index contributed by atoms with van der Waals surface area (Å²) in [4.78, 5) is 37.6. The molecule has 10 nitrogen and oxygen atoms in total. The van der Waals surface area contributed by atoms with Gasteiger partial charge >= 0.3 is 11.9 Å². The van der Waals surface area contributed by atoms with Crippen LogP contribution in [0.4, 0.5) is 0 Å². The first-order chi connectivity index (χ1) is 29.5. The molecule has 1 aliphatic rings. The van der Waals surface area contributed by atoms with Gasteiger partial charge in [-0.05, 0) is 89.9 Å². The molecule has 0 amide bonds. The highest BCUT2D eigenvalue weighted by molar-refractivity contribution is 7.45. The molecule has 1 rings (SSSR count). The van der Waals surface area contributed by atoms with E-state index in [-0.39, 0.29) is 26.1 Å². The topological polar surface area (TPSA) is 124 Å². The van der Waals surface area contributed by atoms with Gasteiger partial charge in [-0.1, -0.05) is 137 Å². The number of phosphoric ester groups is 1. The number of carbonyl (C=O) groups is 2. The van der Waals surface area contributed by atoms with Crippen molar-refractivity contribution in [3.05, 3.63) is 85.1 Å². The molecule has 0 aromatic rings. The molecule has 61 heavy (non-hydrogen) atoms. The van der Waals surface area contributed by atoms with Crippen LogP contribution in [-0.4, -0.2) is 82.2 Å². The second-order valence-electron chi connectivity index (χ2n) is 16.8. The molecule has 0 radical (unpaired) electrons. The summed E-state index contributed by atoms with van der Waals surface area (Å²) in [5.41, 5.74) is 0. The van der Waals surface area contributed by atoms with E-state index >= 15 is 0 Å². The number of phosphoric acid groups is 1. The van der Waals surface area contributed by atoms with Gasteiger partial charge in [-0.3, -0.25) is 14.2 Å². The third-order valence-corrected chi connectivity index (χ3v) is 10.8. The lowest BCUT2D eigenvalue weighted by Gasteiger charge is -2.28. The number of rotatable bonds is 40. The number of unbranched alkanes of at least 4 members (excludes halogenated alkanes) is 9. The maximum Gasteiger partial charge on any atom is 0.306 e. The molecule has 4 atom stereocenters. The average Bonchev–Trinajstić information content (AvgIpc) is 3.97. The Morgan fingerprint density at radius 1 is 0.607 bits per heavy atom. The van der Waals surface area contributed by atoms with E-state index < -0.39 is 32.5 Å². The molecule has 0 aromatic carbocycles. The third kappa shape index (κ3) is 38.5. The Kier molecular flexibility index (Phi) is 34.7. The first kappa shape index (κ1) is 56.2. The first-order valence-corrected chi connectivity index (χ1v) is 24.9. The van der Waals surface area contributed by atoms with E-state index in [1.54, 1.807) is 0 Å². The van der Waals surface area contributed by atoms with Crippen molar-refractivity contribution < 1.29 is 46.8 Å². The molecule has 348 valence electrons. The van der Waals surface area contributed by atoms with Crippen LogP contribution in [0.15, 0.2) is 85.1 Å². The SMILES string of the molecule is CCCCC/C=C\C/C=C\C/C=C\C/C=C\CCCCCC(=O)O[C@H](COC(=O)CCC/C=C\C/C=C\C/C=C\CC1OC1CCCCC)COP(=O)([O-])OCC[N+](C)(C)C. The van der Waals surface area contributed by atoms with Crippen molar-refractivity contribution >= 4 is 19.8 Å². The van der Waals surface area contributed by atoms with E-state index in [2.05, 4.69) is 92.8 Å². The Hall–Kier alpha value is -2.85. The number of hydrogen-bond donors (Lipinski definition) is 0. The Morgan fingerprint density at radius 2 is 1.11 bits per heavy atom. The van der Waals surface area contributed by atoms with Crippen LogP contribution in [0.5, 0.6) is 0 Å². The Bertz CT molecular complexity index is 1380.